The van der Waals surface area contributed by atoms with E-state index >= 15 is 0 Å². The lowest BCUT2D eigenvalue weighted by molar-refractivity contribution is -0.151. The Morgan fingerprint density at radius 3 is 1.35 bits per heavy atom. The second-order valence-electron chi connectivity index (χ2n) is 12.9. The number of rotatable bonds is 14. The molecule has 10 heteroatoms. The van der Waals surface area contributed by atoms with E-state index < -0.39 is 18.2 Å². The molecule has 6 rings (SSSR count). The fourth-order valence-corrected chi connectivity index (χ4v) is 6.91. The van der Waals surface area contributed by atoms with Crippen molar-refractivity contribution in [3.8, 4) is 11.5 Å². The van der Waals surface area contributed by atoms with Gasteiger partial charge in [-0.15, -0.1) is 22.7 Å². The number of carbonyl (C=O) groups is 1. The van der Waals surface area contributed by atoms with Gasteiger partial charge in [-0.25, -0.2) is 4.79 Å². The summed E-state index contributed by atoms with van der Waals surface area (Å²) in [6.45, 7) is 3.22. The number of carboxylic acids is 1. The first-order chi connectivity index (χ1) is 25.0. The Kier molecular flexibility index (Phi) is 16.1. The summed E-state index contributed by atoms with van der Waals surface area (Å²) in [5.74, 6) is 0.533. The van der Waals surface area contributed by atoms with Crippen molar-refractivity contribution < 1.29 is 29.6 Å². The van der Waals surface area contributed by atoms with Crippen LogP contribution in [0.2, 0.25) is 0 Å². The molecular formula is C42H50N2O6S2. The zero-order valence-electron chi connectivity index (χ0n) is 30.5. The Balaban J connectivity index is 0.000000193. The van der Waals surface area contributed by atoms with Crippen molar-refractivity contribution in [1.29, 1.82) is 0 Å². The zero-order valence-corrected chi connectivity index (χ0v) is 32.1. The monoisotopic (exact) mass is 742 g/mol. The van der Waals surface area contributed by atoms with Crippen LogP contribution in [0.25, 0.3) is 21.5 Å². The fourth-order valence-electron chi connectivity index (χ4n) is 5.33. The standard InChI is InChI=1S/2C19H21NOS.C4H8O4/c2*1-20(2)13-12-18(19-11-6-14-22-19)21-17-10-5-8-15-7-3-4-9-16(15)17;1-2(5)3(6)4(7)8/h2*3-11,14,18H,12-13H2,1-2H3;2-3,5-6H,1H3,(H,7,8)/t18-;;/m0../s1. The molecule has 0 radical (unpaired) electrons. The highest BCUT2D eigenvalue weighted by Gasteiger charge is 2.19. The van der Waals surface area contributed by atoms with Gasteiger partial charge in [0.2, 0.25) is 0 Å². The third-order valence-corrected chi connectivity index (χ3v) is 10.1. The Hall–Kier alpha value is -4.29. The van der Waals surface area contributed by atoms with Gasteiger partial charge >= 0.3 is 5.97 Å². The quantitative estimate of drug-likeness (QED) is 0.102. The lowest BCUT2D eigenvalue weighted by Gasteiger charge is -2.21. The highest BCUT2D eigenvalue weighted by Crippen LogP contribution is 2.34. The van der Waals surface area contributed by atoms with Gasteiger partial charge in [-0.05, 0) is 80.9 Å². The topological polar surface area (TPSA) is 103 Å². The minimum atomic E-state index is -1.66. The first-order valence-electron chi connectivity index (χ1n) is 17.3. The summed E-state index contributed by atoms with van der Waals surface area (Å²) in [5.41, 5.74) is 0. The Morgan fingerprint density at radius 1 is 0.615 bits per heavy atom. The van der Waals surface area contributed by atoms with E-state index in [1.807, 2.05) is 0 Å². The predicted octanol–water partition coefficient (Wildman–Crippen LogP) is 8.76. The summed E-state index contributed by atoms with van der Waals surface area (Å²) < 4.78 is 12.8. The van der Waals surface area contributed by atoms with E-state index in [0.717, 1.165) is 37.4 Å². The number of nitrogens with zero attached hydrogens (tertiary/aromatic N) is 2. The van der Waals surface area contributed by atoms with Crippen LogP contribution in [0.4, 0.5) is 0 Å². The molecule has 0 spiro atoms. The van der Waals surface area contributed by atoms with Gasteiger partial charge in [0, 0.05) is 46.5 Å². The molecule has 0 saturated heterocycles. The Bertz CT molecular complexity index is 1770. The van der Waals surface area contributed by atoms with Crippen LogP contribution in [0.5, 0.6) is 11.5 Å². The molecule has 8 nitrogen and oxygen atoms in total. The molecule has 2 aromatic heterocycles. The SMILES string of the molecule is CC(O)C(O)C(=O)O.CN(C)CCC(Oc1cccc2ccccc12)c1cccs1.CN(C)CC[C@H](Oc1cccc2ccccc12)c1cccs1. The van der Waals surface area contributed by atoms with E-state index in [1.165, 1.54) is 38.2 Å². The lowest BCUT2D eigenvalue weighted by atomic mass is 10.1. The van der Waals surface area contributed by atoms with Gasteiger partial charge < -0.3 is 34.6 Å². The summed E-state index contributed by atoms with van der Waals surface area (Å²) in [5, 5.41) is 33.7. The third kappa shape index (κ3) is 12.4. The summed E-state index contributed by atoms with van der Waals surface area (Å²) in [6.07, 6.45) is -0.683. The molecule has 0 aliphatic heterocycles. The van der Waals surface area contributed by atoms with Gasteiger partial charge in [-0.1, -0.05) is 84.9 Å². The number of aliphatic hydroxyl groups is 2. The number of aliphatic hydroxyl groups excluding tert-OH is 2. The number of benzene rings is 4. The van der Waals surface area contributed by atoms with Crippen molar-refractivity contribution >= 4 is 50.2 Å². The second-order valence-corrected chi connectivity index (χ2v) is 14.9. The summed E-state index contributed by atoms with van der Waals surface area (Å²) >= 11 is 3.53. The first kappa shape index (κ1) is 40.5. The Labute approximate surface area is 315 Å². The van der Waals surface area contributed by atoms with Crippen LogP contribution in [0.15, 0.2) is 120 Å². The molecule has 52 heavy (non-hydrogen) atoms. The third-order valence-electron chi connectivity index (χ3n) is 8.15. The maximum atomic E-state index is 9.73. The average molecular weight is 743 g/mol. The summed E-state index contributed by atoms with van der Waals surface area (Å²) in [6, 6.07) is 37.8. The van der Waals surface area contributed by atoms with Crippen LogP contribution in [0.3, 0.4) is 0 Å². The molecule has 0 bridgehead atoms. The lowest BCUT2D eigenvalue weighted by Crippen LogP contribution is -2.30. The van der Waals surface area contributed by atoms with E-state index in [9.17, 15) is 4.79 Å². The van der Waals surface area contributed by atoms with Gasteiger partial charge in [0.15, 0.2) is 6.10 Å². The fraction of sp³-hybridized carbons (Fsp3) is 0.310. The molecule has 6 aromatic rings. The van der Waals surface area contributed by atoms with E-state index in [1.54, 1.807) is 22.7 Å². The molecule has 0 aliphatic carbocycles. The minimum absolute atomic E-state index is 0.105. The Morgan fingerprint density at radius 2 is 1.02 bits per heavy atom. The minimum Gasteiger partial charge on any atom is -0.484 e. The normalized spacial score (nSPS) is 13.4. The van der Waals surface area contributed by atoms with E-state index in [0.29, 0.717) is 0 Å². The van der Waals surface area contributed by atoms with E-state index in [4.69, 9.17) is 24.8 Å². The summed E-state index contributed by atoms with van der Waals surface area (Å²) in [7, 11) is 8.40. The molecule has 0 saturated carbocycles. The van der Waals surface area contributed by atoms with E-state index in [-0.39, 0.29) is 12.2 Å². The molecule has 0 amide bonds. The van der Waals surface area contributed by atoms with E-state index in [2.05, 4.69) is 158 Å². The molecule has 4 atom stereocenters. The van der Waals surface area contributed by atoms with Gasteiger partial charge in [-0.2, -0.15) is 0 Å². The zero-order chi connectivity index (χ0) is 37.5. The van der Waals surface area contributed by atoms with Crippen molar-refractivity contribution in [1.82, 2.24) is 9.80 Å². The molecule has 2 heterocycles. The maximum absolute atomic E-state index is 9.73. The number of aliphatic carboxylic acids is 1. The smallest absolute Gasteiger partial charge is 0.335 e. The molecule has 3 N–H and O–H groups in total. The van der Waals surface area contributed by atoms with Crippen LogP contribution in [-0.4, -0.2) is 84.6 Å². The van der Waals surface area contributed by atoms with Crippen molar-refractivity contribution in [2.45, 2.75) is 44.2 Å². The molecule has 4 aromatic carbocycles. The predicted molar refractivity (Wildman–Crippen MR) is 215 cm³/mol. The molecule has 3 unspecified atom stereocenters. The summed E-state index contributed by atoms with van der Waals surface area (Å²) in [4.78, 5) is 16.7. The second kappa shape index (κ2) is 20.7. The largest absolute Gasteiger partial charge is 0.484 e. The number of thiophene rings is 2. The van der Waals surface area contributed by atoms with Crippen LogP contribution >= 0.6 is 22.7 Å². The first-order valence-corrected chi connectivity index (χ1v) is 19.0. The number of fused-ring (bicyclic) bond motifs is 2. The van der Waals surface area contributed by atoms with Crippen molar-refractivity contribution in [3.63, 3.8) is 0 Å². The van der Waals surface area contributed by atoms with Crippen LogP contribution < -0.4 is 9.47 Å². The number of carboxylic acid groups (broad SMARTS) is 1. The molecule has 0 fully saturated rings. The maximum Gasteiger partial charge on any atom is 0.335 e. The molecular weight excluding hydrogens is 693 g/mol. The van der Waals surface area contributed by atoms with Gasteiger partial charge in [0.05, 0.1) is 6.10 Å². The average Bonchev–Trinajstić information content (AvgIpc) is 3.88. The molecule has 276 valence electrons. The number of hydrogen-bond donors (Lipinski definition) is 3. The highest BCUT2D eigenvalue weighted by atomic mass is 32.1. The van der Waals surface area contributed by atoms with Crippen LogP contribution in [0.1, 0.15) is 41.7 Å². The van der Waals surface area contributed by atoms with Crippen LogP contribution in [0, 0.1) is 0 Å². The van der Waals surface area contributed by atoms with Gasteiger partial charge in [-0.3, -0.25) is 0 Å². The van der Waals surface area contributed by atoms with Gasteiger partial charge in [0.25, 0.3) is 0 Å². The number of hydrogen-bond acceptors (Lipinski definition) is 9. The molecule has 0 aliphatic rings. The van der Waals surface area contributed by atoms with Crippen molar-refractivity contribution in [2.75, 3.05) is 41.3 Å². The van der Waals surface area contributed by atoms with Crippen molar-refractivity contribution in [3.05, 3.63) is 130 Å². The highest BCUT2D eigenvalue weighted by molar-refractivity contribution is 7.10. The van der Waals surface area contributed by atoms with Gasteiger partial charge in [0.1, 0.15) is 23.7 Å². The van der Waals surface area contributed by atoms with Crippen molar-refractivity contribution in [2.24, 2.45) is 0 Å². The number of ether oxygens (including phenoxy) is 2. The van der Waals surface area contributed by atoms with Crippen LogP contribution in [-0.2, 0) is 4.79 Å².